The highest BCUT2D eigenvalue weighted by Gasteiger charge is 2.19. The van der Waals surface area contributed by atoms with E-state index in [9.17, 15) is 14.0 Å². The maximum Gasteiger partial charge on any atom is 0.255 e. The van der Waals surface area contributed by atoms with Gasteiger partial charge >= 0.3 is 0 Å². The molecule has 0 bridgehead atoms. The van der Waals surface area contributed by atoms with Gasteiger partial charge in [0, 0.05) is 19.2 Å². The molecule has 0 saturated carbocycles. The molecule has 0 aliphatic rings. The van der Waals surface area contributed by atoms with E-state index in [0.29, 0.717) is 34.9 Å². The van der Waals surface area contributed by atoms with E-state index in [1.165, 1.54) is 19.1 Å². The number of hydrogen-bond donors (Lipinski definition) is 2. The zero-order valence-electron chi connectivity index (χ0n) is 15.9. The molecule has 0 aliphatic carbocycles. The fourth-order valence-corrected chi connectivity index (χ4v) is 3.04. The van der Waals surface area contributed by atoms with Gasteiger partial charge < -0.3 is 10.6 Å². The number of amides is 2. The number of nitrogens with one attached hydrogen (secondary N) is 2. The third-order valence-corrected chi connectivity index (χ3v) is 4.29. The lowest BCUT2D eigenvalue weighted by Crippen LogP contribution is -2.24. The molecule has 2 aromatic carbocycles. The third kappa shape index (κ3) is 4.25. The van der Waals surface area contributed by atoms with Crippen molar-refractivity contribution in [2.75, 3.05) is 5.32 Å². The van der Waals surface area contributed by atoms with Gasteiger partial charge in [0.25, 0.3) is 5.91 Å². The molecule has 2 amide bonds. The normalized spacial score (nSPS) is 10.6. The summed E-state index contributed by atoms with van der Waals surface area (Å²) in [7, 11) is 0. The van der Waals surface area contributed by atoms with Gasteiger partial charge in [-0.2, -0.15) is 5.10 Å². The summed E-state index contributed by atoms with van der Waals surface area (Å²) in [5.74, 6) is -0.723. The Morgan fingerprint density at radius 1 is 1.11 bits per heavy atom. The highest BCUT2D eigenvalue weighted by atomic mass is 19.1. The maximum absolute atomic E-state index is 13.2. The van der Waals surface area contributed by atoms with Crippen LogP contribution < -0.4 is 10.6 Å². The van der Waals surface area contributed by atoms with Crippen molar-refractivity contribution in [3.8, 4) is 5.69 Å². The molecule has 0 atom stereocenters. The molecule has 0 radical (unpaired) electrons. The summed E-state index contributed by atoms with van der Waals surface area (Å²) in [5, 5.41) is 10.0. The topological polar surface area (TPSA) is 76.0 Å². The number of aryl methyl sites for hydroxylation is 1. The number of carbonyl (C=O) groups excluding carboxylic acids is 2. The summed E-state index contributed by atoms with van der Waals surface area (Å²) in [6.45, 7) is 5.32. The Bertz CT molecular complexity index is 1030. The van der Waals surface area contributed by atoms with Gasteiger partial charge in [0.1, 0.15) is 5.82 Å². The highest BCUT2D eigenvalue weighted by molar-refractivity contribution is 5.96. The van der Waals surface area contributed by atoms with Crippen LogP contribution in [0.4, 0.5) is 10.1 Å². The Morgan fingerprint density at radius 3 is 2.50 bits per heavy atom. The second kappa shape index (κ2) is 8.04. The highest BCUT2D eigenvalue weighted by Crippen LogP contribution is 2.19. The van der Waals surface area contributed by atoms with Crippen molar-refractivity contribution in [2.45, 2.75) is 27.3 Å². The van der Waals surface area contributed by atoms with Gasteiger partial charge in [-0.3, -0.25) is 9.59 Å². The van der Waals surface area contributed by atoms with Crippen molar-refractivity contribution in [1.29, 1.82) is 0 Å². The molecule has 0 unspecified atom stereocenters. The van der Waals surface area contributed by atoms with Gasteiger partial charge in [-0.15, -0.1) is 0 Å². The van der Waals surface area contributed by atoms with E-state index in [1.54, 1.807) is 36.7 Å². The van der Waals surface area contributed by atoms with Crippen LogP contribution in [0.15, 0.2) is 48.5 Å². The molecule has 1 heterocycles. The van der Waals surface area contributed by atoms with E-state index in [-0.39, 0.29) is 17.6 Å². The summed E-state index contributed by atoms with van der Waals surface area (Å²) in [5.41, 5.74) is 3.97. The molecule has 0 fully saturated rings. The molecular formula is C21H21FN4O2. The second-order valence-electron chi connectivity index (χ2n) is 6.50. The first-order valence-electron chi connectivity index (χ1n) is 8.82. The largest absolute Gasteiger partial charge is 0.348 e. The number of carbonyl (C=O) groups is 2. The first kappa shape index (κ1) is 19.3. The van der Waals surface area contributed by atoms with Crippen LogP contribution in [-0.4, -0.2) is 21.6 Å². The van der Waals surface area contributed by atoms with Crippen molar-refractivity contribution >= 4 is 17.5 Å². The van der Waals surface area contributed by atoms with Crippen LogP contribution in [0.5, 0.6) is 0 Å². The average molecular weight is 380 g/mol. The van der Waals surface area contributed by atoms with Crippen LogP contribution in [0, 0.1) is 19.7 Å². The predicted octanol–water partition coefficient (Wildman–Crippen LogP) is 3.52. The molecule has 3 rings (SSSR count). The van der Waals surface area contributed by atoms with Gasteiger partial charge in [0.15, 0.2) is 0 Å². The third-order valence-electron chi connectivity index (χ3n) is 4.29. The Morgan fingerprint density at radius 2 is 1.82 bits per heavy atom. The van der Waals surface area contributed by atoms with Crippen molar-refractivity contribution in [2.24, 2.45) is 0 Å². The molecule has 0 saturated heterocycles. The molecule has 1 aromatic heterocycles. The smallest absolute Gasteiger partial charge is 0.255 e. The van der Waals surface area contributed by atoms with Crippen LogP contribution in [-0.2, 0) is 11.3 Å². The number of halogens is 1. The maximum atomic E-state index is 13.2. The molecule has 28 heavy (non-hydrogen) atoms. The van der Waals surface area contributed by atoms with E-state index in [0.717, 1.165) is 5.56 Å². The molecule has 0 aliphatic heterocycles. The number of anilines is 1. The minimum Gasteiger partial charge on any atom is -0.348 e. The minimum atomic E-state index is -0.329. The lowest BCUT2D eigenvalue weighted by Gasteiger charge is -2.09. The summed E-state index contributed by atoms with van der Waals surface area (Å²) in [6, 6.07) is 13.2. The first-order chi connectivity index (χ1) is 13.3. The Balaban J connectivity index is 1.76. The van der Waals surface area contributed by atoms with Crippen LogP contribution in [0.2, 0.25) is 0 Å². The lowest BCUT2D eigenvalue weighted by atomic mass is 10.1. The van der Waals surface area contributed by atoms with Gasteiger partial charge in [0.2, 0.25) is 5.91 Å². The quantitative estimate of drug-likeness (QED) is 0.711. The monoisotopic (exact) mass is 380 g/mol. The van der Waals surface area contributed by atoms with Crippen molar-refractivity contribution in [3.05, 3.63) is 76.9 Å². The lowest BCUT2D eigenvalue weighted by molar-refractivity contribution is -0.114. The fourth-order valence-electron chi connectivity index (χ4n) is 3.04. The number of hydrogen-bond acceptors (Lipinski definition) is 3. The number of benzene rings is 2. The first-order valence-corrected chi connectivity index (χ1v) is 8.82. The predicted molar refractivity (Wildman–Crippen MR) is 105 cm³/mol. The van der Waals surface area contributed by atoms with Crippen molar-refractivity contribution in [1.82, 2.24) is 15.1 Å². The number of rotatable bonds is 5. The molecule has 2 N–H and O–H groups in total. The summed E-state index contributed by atoms with van der Waals surface area (Å²) >= 11 is 0. The van der Waals surface area contributed by atoms with E-state index in [1.807, 2.05) is 18.2 Å². The van der Waals surface area contributed by atoms with Crippen LogP contribution in [0.3, 0.4) is 0 Å². The Kier molecular flexibility index (Phi) is 5.54. The molecule has 3 aromatic rings. The van der Waals surface area contributed by atoms with Gasteiger partial charge in [-0.1, -0.05) is 12.1 Å². The molecule has 7 heteroatoms. The zero-order chi connectivity index (χ0) is 20.3. The summed E-state index contributed by atoms with van der Waals surface area (Å²) < 4.78 is 14.8. The van der Waals surface area contributed by atoms with E-state index >= 15 is 0 Å². The summed E-state index contributed by atoms with van der Waals surface area (Å²) in [4.78, 5) is 23.9. The number of aromatic nitrogens is 2. The zero-order valence-corrected chi connectivity index (χ0v) is 15.9. The van der Waals surface area contributed by atoms with Crippen molar-refractivity contribution < 1.29 is 14.0 Å². The van der Waals surface area contributed by atoms with E-state index < -0.39 is 0 Å². The van der Waals surface area contributed by atoms with Crippen LogP contribution in [0.1, 0.15) is 34.2 Å². The fraction of sp³-hybridized carbons (Fsp3) is 0.190. The van der Waals surface area contributed by atoms with E-state index in [4.69, 9.17) is 0 Å². The van der Waals surface area contributed by atoms with Gasteiger partial charge in [-0.05, 0) is 55.8 Å². The van der Waals surface area contributed by atoms with Gasteiger partial charge in [-0.25, -0.2) is 9.07 Å². The minimum absolute atomic E-state index is 0.152. The van der Waals surface area contributed by atoms with Crippen LogP contribution in [0.25, 0.3) is 5.69 Å². The summed E-state index contributed by atoms with van der Waals surface area (Å²) in [6.07, 6.45) is 0. The molecule has 6 nitrogen and oxygen atoms in total. The Labute approximate surface area is 162 Å². The van der Waals surface area contributed by atoms with Crippen molar-refractivity contribution in [3.63, 3.8) is 0 Å². The number of nitrogens with zero attached hydrogens (tertiary/aromatic N) is 2. The standard InChI is InChI=1S/C21H21FN4O2/c1-13-20(14(2)26(25-13)19-9-7-17(22)8-10-19)21(28)23-12-16-5-4-6-18(11-16)24-15(3)27/h4-11H,12H2,1-3H3,(H,23,28)(H,24,27). The SMILES string of the molecule is CC(=O)Nc1cccc(CNC(=O)c2c(C)nn(-c3ccc(F)cc3)c2C)c1. The van der Waals surface area contributed by atoms with Crippen LogP contribution >= 0.6 is 0 Å². The molecular weight excluding hydrogens is 359 g/mol. The second-order valence-corrected chi connectivity index (χ2v) is 6.50. The van der Waals surface area contributed by atoms with E-state index in [2.05, 4.69) is 15.7 Å². The average Bonchev–Trinajstić information content (AvgIpc) is 2.94. The Hall–Kier alpha value is -3.48. The molecule has 0 spiro atoms. The van der Waals surface area contributed by atoms with Gasteiger partial charge in [0.05, 0.1) is 22.6 Å². The molecule has 144 valence electrons.